The molecule has 0 bridgehead atoms. The highest BCUT2D eigenvalue weighted by Crippen LogP contribution is 2.38. The van der Waals surface area contributed by atoms with Crippen LogP contribution in [0.3, 0.4) is 0 Å². The fourth-order valence-corrected chi connectivity index (χ4v) is 3.62. The molecule has 1 aromatic rings. The summed E-state index contributed by atoms with van der Waals surface area (Å²) in [6, 6.07) is 0. The second-order valence-electron chi connectivity index (χ2n) is 6.29. The smallest absolute Gasteiger partial charge is 0.256 e. The first-order valence-electron chi connectivity index (χ1n) is 7.11. The van der Waals surface area contributed by atoms with E-state index in [0.717, 1.165) is 18.7 Å². The van der Waals surface area contributed by atoms with Crippen LogP contribution in [-0.2, 0) is 16.0 Å². The molecule has 122 valence electrons. The minimum Gasteiger partial charge on any atom is -0.366 e. The van der Waals surface area contributed by atoms with Gasteiger partial charge < -0.3 is 10.1 Å². The summed E-state index contributed by atoms with van der Waals surface area (Å²) in [4.78, 5) is 29.3. The highest BCUT2D eigenvalue weighted by Gasteiger charge is 2.34. The van der Waals surface area contributed by atoms with E-state index in [1.165, 1.54) is 11.3 Å². The fourth-order valence-electron chi connectivity index (χ4n) is 2.69. The monoisotopic (exact) mass is 345 g/mol. The molecule has 8 heteroatoms. The summed E-state index contributed by atoms with van der Waals surface area (Å²) >= 11 is 1.27. The third-order valence-electron chi connectivity index (χ3n) is 3.69. The number of anilines is 1. The fraction of sp³-hybridized carbons (Fsp3) is 0.643. The van der Waals surface area contributed by atoms with Gasteiger partial charge in [0.15, 0.2) is 10.9 Å². The number of nitrogens with zero attached hydrogens (tertiary/aromatic N) is 1. The van der Waals surface area contributed by atoms with Crippen LogP contribution in [0.25, 0.3) is 0 Å². The van der Waals surface area contributed by atoms with Crippen LogP contribution < -0.4 is 10.6 Å². The van der Waals surface area contributed by atoms with E-state index in [1.54, 1.807) is 0 Å². The van der Waals surface area contributed by atoms with Gasteiger partial charge in [-0.2, -0.15) is 0 Å². The summed E-state index contributed by atoms with van der Waals surface area (Å²) in [6.07, 6.45) is 0.805. The van der Waals surface area contributed by atoms with Gasteiger partial charge in [0.1, 0.15) is 6.10 Å². The molecule has 2 heterocycles. The van der Waals surface area contributed by atoms with Gasteiger partial charge in [-0.05, 0) is 11.8 Å². The van der Waals surface area contributed by atoms with Crippen molar-refractivity contribution in [3.8, 4) is 0 Å². The predicted molar refractivity (Wildman–Crippen MR) is 87.0 cm³/mol. The number of ether oxygens (including phenoxy) is 1. The van der Waals surface area contributed by atoms with Crippen LogP contribution in [0.5, 0.6) is 0 Å². The molecular formula is C14H20ClN3O3S. The van der Waals surface area contributed by atoms with Gasteiger partial charge in [0, 0.05) is 19.5 Å². The molecule has 2 N–H and O–H groups in total. The van der Waals surface area contributed by atoms with Gasteiger partial charge in [0.25, 0.3) is 5.91 Å². The topological polar surface area (TPSA) is 80.3 Å². The van der Waals surface area contributed by atoms with Crippen molar-refractivity contribution in [2.45, 2.75) is 32.8 Å². The number of thiazole rings is 1. The summed E-state index contributed by atoms with van der Waals surface area (Å²) in [7, 11) is 0. The molecule has 3 rings (SSSR count). The molecule has 22 heavy (non-hydrogen) atoms. The van der Waals surface area contributed by atoms with Gasteiger partial charge >= 0.3 is 0 Å². The van der Waals surface area contributed by atoms with Crippen molar-refractivity contribution < 1.29 is 14.3 Å². The number of morpholine rings is 1. The molecule has 6 nitrogen and oxygen atoms in total. The Balaban J connectivity index is 0.00000176. The number of aromatic nitrogens is 1. The minimum absolute atomic E-state index is 0. The normalized spacial score (nSPS) is 23.4. The first kappa shape index (κ1) is 17.3. The van der Waals surface area contributed by atoms with Gasteiger partial charge in [0.05, 0.1) is 17.2 Å². The van der Waals surface area contributed by atoms with Gasteiger partial charge in [-0.1, -0.05) is 25.2 Å². The van der Waals surface area contributed by atoms with Crippen molar-refractivity contribution >= 4 is 40.6 Å². The summed E-state index contributed by atoms with van der Waals surface area (Å²) in [5.41, 5.74) is 0.745. The molecule has 0 aromatic carbocycles. The van der Waals surface area contributed by atoms with Crippen LogP contribution in [0.15, 0.2) is 0 Å². The SMILES string of the molecule is CC1(C)CC(=O)c2sc(NC(=O)C3CNCCO3)nc2C1.Cl. The van der Waals surface area contributed by atoms with E-state index < -0.39 is 6.10 Å². The number of amides is 1. The number of hydrogen-bond acceptors (Lipinski definition) is 6. The molecule has 1 aromatic heterocycles. The summed E-state index contributed by atoms with van der Waals surface area (Å²) in [5, 5.41) is 6.37. The number of ketones is 1. The van der Waals surface area contributed by atoms with E-state index in [0.29, 0.717) is 29.6 Å². The summed E-state index contributed by atoms with van der Waals surface area (Å²) in [5.74, 6) is -0.0881. The van der Waals surface area contributed by atoms with E-state index in [-0.39, 0.29) is 29.5 Å². The van der Waals surface area contributed by atoms with Crippen LogP contribution in [0.2, 0.25) is 0 Å². The molecule has 1 saturated heterocycles. The maximum Gasteiger partial charge on any atom is 0.256 e. The lowest BCUT2D eigenvalue weighted by Crippen LogP contribution is -2.45. The Hall–Kier alpha value is -1.02. The number of Topliss-reactive ketones (excluding diaryl/α,β-unsaturated/α-hetero) is 1. The van der Waals surface area contributed by atoms with Crippen LogP contribution >= 0.6 is 23.7 Å². The van der Waals surface area contributed by atoms with Gasteiger partial charge in [-0.25, -0.2) is 4.98 Å². The molecule has 2 aliphatic rings. The highest BCUT2D eigenvalue weighted by atomic mass is 35.5. The first-order chi connectivity index (χ1) is 9.94. The summed E-state index contributed by atoms with van der Waals surface area (Å²) in [6.45, 7) is 5.92. The van der Waals surface area contributed by atoms with Gasteiger partial charge in [-0.3, -0.25) is 14.9 Å². The van der Waals surface area contributed by atoms with Crippen molar-refractivity contribution in [3.05, 3.63) is 10.6 Å². The molecular weight excluding hydrogens is 326 g/mol. The van der Waals surface area contributed by atoms with Gasteiger partial charge in [-0.15, -0.1) is 12.4 Å². The van der Waals surface area contributed by atoms with Crippen LogP contribution in [-0.4, -0.2) is 42.5 Å². The largest absolute Gasteiger partial charge is 0.366 e. The Morgan fingerprint density at radius 1 is 1.45 bits per heavy atom. The number of hydrogen-bond donors (Lipinski definition) is 2. The van der Waals surface area contributed by atoms with Crippen LogP contribution in [0.1, 0.15) is 35.6 Å². The number of rotatable bonds is 2. The minimum atomic E-state index is -0.494. The van der Waals surface area contributed by atoms with Crippen molar-refractivity contribution in [2.75, 3.05) is 25.0 Å². The van der Waals surface area contributed by atoms with Crippen molar-refractivity contribution in [1.29, 1.82) is 0 Å². The first-order valence-corrected chi connectivity index (χ1v) is 7.92. The molecule has 1 aliphatic heterocycles. The number of carbonyl (C=O) groups is 2. The Morgan fingerprint density at radius 3 is 2.91 bits per heavy atom. The van der Waals surface area contributed by atoms with E-state index in [4.69, 9.17) is 4.74 Å². The van der Waals surface area contributed by atoms with Crippen molar-refractivity contribution in [3.63, 3.8) is 0 Å². The van der Waals surface area contributed by atoms with Crippen molar-refractivity contribution in [1.82, 2.24) is 10.3 Å². The standard InChI is InChI=1S/C14H19N3O3S.ClH/c1-14(2)5-8-11(9(18)6-14)21-13(16-8)17-12(19)10-7-15-3-4-20-10;/h10,15H,3-7H2,1-2H3,(H,16,17,19);1H. The lowest BCUT2D eigenvalue weighted by molar-refractivity contribution is -0.128. The summed E-state index contributed by atoms with van der Waals surface area (Å²) < 4.78 is 5.40. The van der Waals surface area contributed by atoms with E-state index in [2.05, 4.69) is 29.5 Å². The number of fused-ring (bicyclic) bond motifs is 1. The maximum atomic E-state index is 12.1. The highest BCUT2D eigenvalue weighted by molar-refractivity contribution is 7.17. The Labute approximate surface area is 139 Å². The number of nitrogens with one attached hydrogen (secondary N) is 2. The second kappa shape index (κ2) is 6.62. The zero-order valence-electron chi connectivity index (χ0n) is 12.6. The molecule has 0 radical (unpaired) electrons. The molecule has 0 saturated carbocycles. The molecule has 0 spiro atoms. The van der Waals surface area contributed by atoms with Crippen LogP contribution in [0, 0.1) is 5.41 Å². The van der Waals surface area contributed by atoms with Gasteiger partial charge in [0.2, 0.25) is 0 Å². The molecule has 1 fully saturated rings. The van der Waals surface area contributed by atoms with Crippen LogP contribution in [0.4, 0.5) is 5.13 Å². The average molecular weight is 346 g/mol. The zero-order valence-corrected chi connectivity index (χ0v) is 14.2. The zero-order chi connectivity index (χ0) is 15.0. The lowest BCUT2D eigenvalue weighted by atomic mass is 9.78. The van der Waals surface area contributed by atoms with E-state index >= 15 is 0 Å². The average Bonchev–Trinajstić information content (AvgIpc) is 2.81. The maximum absolute atomic E-state index is 12.1. The molecule has 1 atom stereocenters. The number of carbonyl (C=O) groups excluding carboxylic acids is 2. The van der Waals surface area contributed by atoms with Crippen molar-refractivity contribution in [2.24, 2.45) is 5.41 Å². The third kappa shape index (κ3) is 3.65. The number of halogens is 1. The lowest BCUT2D eigenvalue weighted by Gasteiger charge is -2.26. The van der Waals surface area contributed by atoms with E-state index in [1.807, 2.05) is 0 Å². The second-order valence-corrected chi connectivity index (χ2v) is 7.29. The Kier molecular flexibility index (Phi) is 5.21. The Bertz CT molecular complexity index is 582. The van der Waals surface area contributed by atoms with E-state index in [9.17, 15) is 9.59 Å². The molecule has 1 amide bonds. The quantitative estimate of drug-likeness (QED) is 0.851. The molecule has 1 aliphatic carbocycles. The third-order valence-corrected chi connectivity index (χ3v) is 4.74. The molecule has 1 unspecified atom stereocenters. The Morgan fingerprint density at radius 2 is 2.23 bits per heavy atom. The predicted octanol–water partition coefficient (Wildman–Crippen LogP) is 1.65.